The average molecular weight is 417 g/mol. The molecule has 1 fully saturated rings. The van der Waals surface area contributed by atoms with Crippen LogP contribution in [-0.4, -0.2) is 46.7 Å². The zero-order valence-electron chi connectivity index (χ0n) is 11.5. The number of aromatic amines is 1. The van der Waals surface area contributed by atoms with Gasteiger partial charge in [0.15, 0.2) is 4.77 Å². The summed E-state index contributed by atoms with van der Waals surface area (Å²) in [7, 11) is 0. The topological polar surface area (TPSA) is 50.3 Å². The number of aromatic nitrogens is 2. The molecule has 0 aliphatic carbocycles. The molecule has 2 heterocycles. The number of halogens is 1. The average Bonchev–Trinajstić information content (AvgIpc) is 2.80. The van der Waals surface area contributed by atoms with Crippen molar-refractivity contribution in [2.24, 2.45) is 0 Å². The van der Waals surface area contributed by atoms with Crippen LogP contribution >= 0.6 is 34.8 Å². The number of aryl methyl sites for hydroxylation is 1. The van der Waals surface area contributed by atoms with Gasteiger partial charge in [-0.25, -0.2) is 0 Å². The van der Waals surface area contributed by atoms with Crippen LogP contribution in [0.2, 0.25) is 0 Å². The maximum Gasteiger partial charge on any atom is 0.224 e. The Bertz CT molecular complexity index is 719. The highest BCUT2D eigenvalue weighted by Gasteiger charge is 2.17. The second-order valence-electron chi connectivity index (χ2n) is 4.99. The summed E-state index contributed by atoms with van der Waals surface area (Å²) in [6.45, 7) is 3.26. The Balaban J connectivity index is 1.74. The van der Waals surface area contributed by atoms with Crippen molar-refractivity contribution >= 4 is 51.7 Å². The highest BCUT2D eigenvalue weighted by Crippen LogP contribution is 2.18. The minimum absolute atomic E-state index is 0.167. The number of morpholine rings is 1. The Morgan fingerprint density at radius 1 is 1.38 bits per heavy atom. The van der Waals surface area contributed by atoms with Crippen LogP contribution in [0, 0.1) is 8.34 Å². The fourth-order valence-electron chi connectivity index (χ4n) is 2.54. The maximum absolute atomic E-state index is 12.2. The summed E-state index contributed by atoms with van der Waals surface area (Å²) < 4.78 is 9.09. The summed E-state index contributed by atoms with van der Waals surface area (Å²) >= 11 is 7.64. The Kier molecular flexibility index (Phi) is 4.60. The number of benzene rings is 1. The first-order valence-corrected chi connectivity index (χ1v) is 8.37. The van der Waals surface area contributed by atoms with Crippen LogP contribution in [0.5, 0.6) is 0 Å². The second kappa shape index (κ2) is 6.45. The first-order valence-electron chi connectivity index (χ1n) is 6.89. The van der Waals surface area contributed by atoms with Crippen LogP contribution in [0.1, 0.15) is 6.42 Å². The third-order valence-corrected chi connectivity index (χ3v) is 4.64. The molecular formula is C14H16IN3O2S. The lowest BCUT2D eigenvalue weighted by Crippen LogP contribution is -2.40. The SMILES string of the molecule is O=C(CCn1c(=S)[nH]c2cc(I)ccc21)N1CCOCC1. The molecule has 1 aliphatic rings. The Hall–Kier alpha value is -0.930. The van der Waals surface area contributed by atoms with E-state index in [2.05, 4.69) is 33.6 Å². The van der Waals surface area contributed by atoms with E-state index >= 15 is 0 Å². The van der Waals surface area contributed by atoms with Crippen molar-refractivity contribution in [3.8, 4) is 0 Å². The molecule has 5 nitrogen and oxygen atoms in total. The highest BCUT2D eigenvalue weighted by molar-refractivity contribution is 14.1. The molecule has 0 atom stereocenters. The molecule has 112 valence electrons. The molecule has 1 aliphatic heterocycles. The molecule has 0 saturated carbocycles. The van der Waals surface area contributed by atoms with E-state index in [1.54, 1.807) is 0 Å². The molecule has 1 saturated heterocycles. The minimum atomic E-state index is 0.167. The number of amides is 1. The molecule has 1 aromatic carbocycles. The van der Waals surface area contributed by atoms with Gasteiger partial charge in [-0.05, 0) is 53.0 Å². The van der Waals surface area contributed by atoms with Gasteiger partial charge in [0, 0.05) is 29.6 Å². The van der Waals surface area contributed by atoms with E-state index < -0.39 is 0 Å². The van der Waals surface area contributed by atoms with Gasteiger partial charge in [-0.3, -0.25) is 4.79 Å². The summed E-state index contributed by atoms with van der Waals surface area (Å²) in [5, 5.41) is 0. The van der Waals surface area contributed by atoms with Gasteiger partial charge in [0.25, 0.3) is 0 Å². The maximum atomic E-state index is 12.2. The van der Waals surface area contributed by atoms with Gasteiger partial charge in [0.2, 0.25) is 5.91 Å². The molecule has 21 heavy (non-hydrogen) atoms. The van der Waals surface area contributed by atoms with Gasteiger partial charge in [-0.1, -0.05) is 0 Å². The van der Waals surface area contributed by atoms with Crippen LogP contribution in [-0.2, 0) is 16.1 Å². The lowest BCUT2D eigenvalue weighted by molar-refractivity contribution is -0.135. The third kappa shape index (κ3) is 3.29. The molecule has 0 unspecified atom stereocenters. The smallest absolute Gasteiger partial charge is 0.224 e. The standard InChI is InChI=1S/C14H16IN3O2S/c15-10-1-2-12-11(9-10)16-14(21)18(12)4-3-13(19)17-5-7-20-8-6-17/h1-2,9H,3-8H2,(H,16,21). The molecule has 3 rings (SSSR count). The van der Waals surface area contributed by atoms with Crippen LogP contribution in [0.4, 0.5) is 0 Å². The van der Waals surface area contributed by atoms with E-state index in [0.29, 0.717) is 44.0 Å². The van der Waals surface area contributed by atoms with Crippen molar-refractivity contribution in [1.82, 2.24) is 14.5 Å². The number of ether oxygens (including phenoxy) is 1. The van der Waals surface area contributed by atoms with Gasteiger partial charge < -0.3 is 19.2 Å². The van der Waals surface area contributed by atoms with Gasteiger partial charge in [-0.2, -0.15) is 0 Å². The van der Waals surface area contributed by atoms with Crippen molar-refractivity contribution in [2.45, 2.75) is 13.0 Å². The van der Waals surface area contributed by atoms with Gasteiger partial charge in [-0.15, -0.1) is 0 Å². The number of rotatable bonds is 3. The number of H-pyrrole nitrogens is 1. The largest absolute Gasteiger partial charge is 0.378 e. The lowest BCUT2D eigenvalue weighted by atomic mass is 10.3. The number of nitrogens with zero attached hydrogens (tertiary/aromatic N) is 2. The molecule has 1 aromatic heterocycles. The van der Waals surface area contributed by atoms with E-state index in [-0.39, 0.29) is 5.91 Å². The molecule has 0 bridgehead atoms. The summed E-state index contributed by atoms with van der Waals surface area (Å²) in [6.07, 6.45) is 0.466. The van der Waals surface area contributed by atoms with Gasteiger partial charge in [0.1, 0.15) is 0 Å². The van der Waals surface area contributed by atoms with E-state index in [1.807, 2.05) is 21.6 Å². The molecule has 7 heteroatoms. The number of nitrogens with one attached hydrogen (secondary N) is 1. The van der Waals surface area contributed by atoms with Crippen molar-refractivity contribution < 1.29 is 9.53 Å². The minimum Gasteiger partial charge on any atom is -0.378 e. The zero-order chi connectivity index (χ0) is 14.8. The van der Waals surface area contributed by atoms with E-state index in [0.717, 1.165) is 14.6 Å². The molecule has 0 spiro atoms. The Labute approximate surface area is 141 Å². The number of carbonyl (C=O) groups excluding carboxylic acids is 1. The predicted molar refractivity (Wildman–Crippen MR) is 91.9 cm³/mol. The van der Waals surface area contributed by atoms with Crippen LogP contribution in [0.15, 0.2) is 18.2 Å². The first kappa shape index (κ1) is 15.0. The van der Waals surface area contributed by atoms with E-state index in [4.69, 9.17) is 17.0 Å². The highest BCUT2D eigenvalue weighted by atomic mass is 127. The summed E-state index contributed by atoms with van der Waals surface area (Å²) in [5.41, 5.74) is 2.07. The van der Waals surface area contributed by atoms with Gasteiger partial charge >= 0.3 is 0 Å². The van der Waals surface area contributed by atoms with E-state index in [1.165, 1.54) is 0 Å². The monoisotopic (exact) mass is 417 g/mol. The number of hydrogen-bond donors (Lipinski definition) is 1. The molecule has 2 aromatic rings. The second-order valence-corrected chi connectivity index (χ2v) is 6.62. The van der Waals surface area contributed by atoms with Gasteiger partial charge in [0.05, 0.1) is 24.2 Å². The molecular weight excluding hydrogens is 401 g/mol. The Morgan fingerprint density at radius 3 is 2.90 bits per heavy atom. The van der Waals surface area contributed by atoms with E-state index in [9.17, 15) is 4.79 Å². The van der Waals surface area contributed by atoms with Crippen LogP contribution in [0.25, 0.3) is 11.0 Å². The quantitative estimate of drug-likeness (QED) is 0.617. The number of fused-ring (bicyclic) bond motifs is 1. The van der Waals surface area contributed by atoms with Crippen LogP contribution < -0.4 is 0 Å². The van der Waals surface area contributed by atoms with Crippen molar-refractivity contribution in [3.05, 3.63) is 26.5 Å². The normalized spacial score (nSPS) is 15.6. The van der Waals surface area contributed by atoms with Crippen molar-refractivity contribution in [2.75, 3.05) is 26.3 Å². The number of imidazole rings is 1. The molecule has 0 radical (unpaired) electrons. The predicted octanol–water partition coefficient (Wildman–Crippen LogP) is 2.55. The molecule has 1 N–H and O–H groups in total. The fourth-order valence-corrected chi connectivity index (χ4v) is 3.33. The zero-order valence-corrected chi connectivity index (χ0v) is 14.4. The first-order chi connectivity index (χ1) is 10.1. The fraction of sp³-hybridized carbons (Fsp3) is 0.429. The lowest BCUT2D eigenvalue weighted by Gasteiger charge is -2.26. The summed E-state index contributed by atoms with van der Waals surface area (Å²) in [5.74, 6) is 0.167. The number of hydrogen-bond acceptors (Lipinski definition) is 3. The Morgan fingerprint density at radius 2 is 2.14 bits per heavy atom. The van der Waals surface area contributed by atoms with Crippen molar-refractivity contribution in [1.29, 1.82) is 0 Å². The summed E-state index contributed by atoms with van der Waals surface area (Å²) in [4.78, 5) is 17.3. The summed E-state index contributed by atoms with van der Waals surface area (Å²) in [6, 6.07) is 6.15. The van der Waals surface area contributed by atoms with Crippen molar-refractivity contribution in [3.63, 3.8) is 0 Å². The number of carbonyl (C=O) groups is 1. The molecule has 1 amide bonds. The van der Waals surface area contributed by atoms with Crippen LogP contribution in [0.3, 0.4) is 0 Å². The third-order valence-electron chi connectivity index (χ3n) is 3.65.